The zero-order valence-electron chi connectivity index (χ0n) is 19.9. The smallest absolute Gasteiger partial charge is 0.230 e. The van der Waals surface area contributed by atoms with Crippen molar-refractivity contribution in [1.82, 2.24) is 15.0 Å². The van der Waals surface area contributed by atoms with Crippen molar-refractivity contribution in [3.8, 4) is 5.75 Å². The van der Waals surface area contributed by atoms with E-state index in [4.69, 9.17) is 9.26 Å². The third-order valence-corrected chi connectivity index (χ3v) is 7.16. The molecule has 5 rings (SSSR count). The number of aryl methyl sites for hydroxylation is 2. The second-order valence-electron chi connectivity index (χ2n) is 8.80. The van der Waals surface area contributed by atoms with Crippen molar-refractivity contribution >= 4 is 22.4 Å². The summed E-state index contributed by atoms with van der Waals surface area (Å²) in [5, 5.41) is 7.61. The molecule has 0 saturated carbocycles. The van der Waals surface area contributed by atoms with Gasteiger partial charge in [-0.2, -0.15) is 0 Å². The van der Waals surface area contributed by atoms with Gasteiger partial charge in [-0.1, -0.05) is 47.6 Å². The number of carbonyl (C=O) groups is 1. The van der Waals surface area contributed by atoms with Crippen LogP contribution in [0.15, 0.2) is 59.1 Å². The minimum absolute atomic E-state index is 0.0679. The van der Waals surface area contributed by atoms with Crippen molar-refractivity contribution in [2.45, 2.75) is 46.4 Å². The van der Waals surface area contributed by atoms with Gasteiger partial charge in [0.1, 0.15) is 18.1 Å². The SMILES string of the molecule is Cc1noc(C)c1COc1ccc(CC(=O)Nc2nc3c(s2)CN(Cc2ccccc2)CC3)cc1. The molecule has 2 aromatic carbocycles. The molecule has 0 aliphatic carbocycles. The fourth-order valence-electron chi connectivity index (χ4n) is 4.19. The number of hydrogen-bond acceptors (Lipinski definition) is 7. The van der Waals surface area contributed by atoms with Crippen molar-refractivity contribution < 1.29 is 14.1 Å². The molecule has 0 bridgehead atoms. The molecule has 0 radical (unpaired) electrons. The highest BCUT2D eigenvalue weighted by Gasteiger charge is 2.21. The van der Waals surface area contributed by atoms with E-state index < -0.39 is 0 Å². The molecule has 0 unspecified atom stereocenters. The molecular formula is C27H28N4O3S. The number of nitrogens with zero attached hydrogens (tertiary/aromatic N) is 3. The third kappa shape index (κ3) is 5.78. The van der Waals surface area contributed by atoms with E-state index in [-0.39, 0.29) is 12.3 Å². The van der Waals surface area contributed by atoms with Gasteiger partial charge in [0, 0.05) is 30.9 Å². The zero-order chi connectivity index (χ0) is 24.2. The summed E-state index contributed by atoms with van der Waals surface area (Å²) >= 11 is 1.58. The minimum Gasteiger partial charge on any atom is -0.489 e. The topological polar surface area (TPSA) is 80.5 Å². The number of benzene rings is 2. The lowest BCUT2D eigenvalue weighted by Crippen LogP contribution is -2.29. The first-order chi connectivity index (χ1) is 17.0. The van der Waals surface area contributed by atoms with E-state index in [2.05, 4.69) is 44.6 Å². The van der Waals surface area contributed by atoms with Gasteiger partial charge in [-0.15, -0.1) is 11.3 Å². The Morgan fingerprint density at radius 3 is 2.66 bits per heavy atom. The first-order valence-corrected chi connectivity index (χ1v) is 12.5. The molecule has 35 heavy (non-hydrogen) atoms. The van der Waals surface area contributed by atoms with E-state index in [1.54, 1.807) is 11.3 Å². The predicted octanol–water partition coefficient (Wildman–Crippen LogP) is 5.07. The van der Waals surface area contributed by atoms with E-state index >= 15 is 0 Å². The molecule has 8 heteroatoms. The van der Waals surface area contributed by atoms with Crippen LogP contribution in [0.4, 0.5) is 5.13 Å². The van der Waals surface area contributed by atoms with Crippen LogP contribution in [-0.2, 0) is 37.3 Å². The normalized spacial score (nSPS) is 13.4. The first kappa shape index (κ1) is 23.3. The fourth-order valence-corrected chi connectivity index (χ4v) is 5.26. The predicted molar refractivity (Wildman–Crippen MR) is 135 cm³/mol. The number of nitrogens with one attached hydrogen (secondary N) is 1. The summed E-state index contributed by atoms with van der Waals surface area (Å²) in [5.74, 6) is 1.44. The molecular weight excluding hydrogens is 460 g/mol. The molecule has 7 nitrogen and oxygen atoms in total. The lowest BCUT2D eigenvalue weighted by molar-refractivity contribution is -0.115. The van der Waals surface area contributed by atoms with Crippen molar-refractivity contribution in [2.24, 2.45) is 0 Å². The number of fused-ring (bicyclic) bond motifs is 1. The zero-order valence-corrected chi connectivity index (χ0v) is 20.7. The first-order valence-electron chi connectivity index (χ1n) is 11.7. The fraction of sp³-hybridized carbons (Fsp3) is 0.296. The molecule has 1 N–H and O–H groups in total. The van der Waals surface area contributed by atoms with Gasteiger partial charge in [-0.25, -0.2) is 4.98 Å². The molecule has 180 valence electrons. The van der Waals surface area contributed by atoms with Crippen LogP contribution < -0.4 is 10.1 Å². The van der Waals surface area contributed by atoms with E-state index in [0.717, 1.165) is 60.1 Å². The van der Waals surface area contributed by atoms with Gasteiger partial charge >= 0.3 is 0 Å². The second kappa shape index (κ2) is 10.4. The van der Waals surface area contributed by atoms with Gasteiger partial charge in [0.2, 0.25) is 5.91 Å². The Hall–Kier alpha value is -3.49. The maximum Gasteiger partial charge on any atom is 0.230 e. The van der Waals surface area contributed by atoms with E-state index in [1.807, 2.05) is 44.2 Å². The average molecular weight is 489 g/mol. The second-order valence-corrected chi connectivity index (χ2v) is 9.88. The van der Waals surface area contributed by atoms with Crippen molar-refractivity contribution in [3.05, 3.63) is 93.3 Å². The van der Waals surface area contributed by atoms with Crippen molar-refractivity contribution in [3.63, 3.8) is 0 Å². The summed E-state index contributed by atoms with van der Waals surface area (Å²) in [6.07, 6.45) is 1.19. The summed E-state index contributed by atoms with van der Waals surface area (Å²) in [6.45, 7) is 6.95. The van der Waals surface area contributed by atoms with E-state index in [1.165, 1.54) is 10.4 Å². The highest BCUT2D eigenvalue weighted by molar-refractivity contribution is 7.15. The minimum atomic E-state index is -0.0679. The van der Waals surface area contributed by atoms with Gasteiger partial charge < -0.3 is 14.6 Å². The maximum absolute atomic E-state index is 12.6. The van der Waals surface area contributed by atoms with E-state index in [0.29, 0.717) is 11.7 Å². The molecule has 4 aromatic rings. The molecule has 0 atom stereocenters. The molecule has 0 fully saturated rings. The van der Waals surface area contributed by atoms with E-state index in [9.17, 15) is 4.79 Å². The Morgan fingerprint density at radius 2 is 1.91 bits per heavy atom. The van der Waals surface area contributed by atoms with Crippen LogP contribution in [0.3, 0.4) is 0 Å². The number of aromatic nitrogens is 2. The van der Waals surface area contributed by atoms with Gasteiger partial charge in [0.15, 0.2) is 5.13 Å². The van der Waals surface area contributed by atoms with Crippen LogP contribution in [0.5, 0.6) is 5.75 Å². The van der Waals surface area contributed by atoms with Crippen LogP contribution in [-0.4, -0.2) is 27.5 Å². The van der Waals surface area contributed by atoms with Crippen molar-refractivity contribution in [1.29, 1.82) is 0 Å². The molecule has 0 saturated heterocycles. The van der Waals surface area contributed by atoms with Gasteiger partial charge in [0.05, 0.1) is 23.4 Å². The molecule has 1 amide bonds. The molecule has 1 aliphatic heterocycles. The summed E-state index contributed by atoms with van der Waals surface area (Å²) < 4.78 is 11.0. The summed E-state index contributed by atoms with van der Waals surface area (Å²) in [5.41, 5.74) is 5.14. The number of hydrogen-bond donors (Lipinski definition) is 1. The summed E-state index contributed by atoms with van der Waals surface area (Å²) in [4.78, 5) is 21.0. The Bertz CT molecular complexity index is 1280. The molecule has 2 aromatic heterocycles. The lowest BCUT2D eigenvalue weighted by atomic mass is 10.1. The summed E-state index contributed by atoms with van der Waals surface area (Å²) in [7, 11) is 0. The van der Waals surface area contributed by atoms with Crippen LogP contribution in [0, 0.1) is 13.8 Å². The highest BCUT2D eigenvalue weighted by atomic mass is 32.1. The number of amides is 1. The number of carbonyl (C=O) groups excluding carboxylic acids is 1. The number of anilines is 1. The van der Waals surface area contributed by atoms with Gasteiger partial charge in [-0.3, -0.25) is 9.69 Å². The Labute approximate surface area is 208 Å². The van der Waals surface area contributed by atoms with Gasteiger partial charge in [-0.05, 0) is 37.1 Å². The maximum atomic E-state index is 12.6. The standard InChI is InChI=1S/C27H28N4O3S/c1-18-23(19(2)34-30-18)17-33-22-10-8-20(9-11-22)14-26(32)29-27-28-24-12-13-31(16-25(24)35-27)15-21-6-4-3-5-7-21/h3-11H,12-17H2,1-2H3,(H,28,29,32). The monoisotopic (exact) mass is 488 g/mol. The van der Waals surface area contributed by atoms with Crippen molar-refractivity contribution in [2.75, 3.05) is 11.9 Å². The average Bonchev–Trinajstić information content (AvgIpc) is 3.40. The Balaban J connectivity index is 1.13. The quantitative estimate of drug-likeness (QED) is 0.373. The number of ether oxygens (including phenoxy) is 1. The highest BCUT2D eigenvalue weighted by Crippen LogP contribution is 2.29. The Morgan fingerprint density at radius 1 is 1.11 bits per heavy atom. The number of thiazole rings is 1. The van der Waals surface area contributed by atoms with Crippen LogP contribution in [0.1, 0.15) is 38.7 Å². The molecule has 1 aliphatic rings. The Kier molecular flexibility index (Phi) is 6.92. The molecule has 0 spiro atoms. The third-order valence-electron chi connectivity index (χ3n) is 6.16. The van der Waals surface area contributed by atoms with Crippen LogP contribution >= 0.6 is 11.3 Å². The largest absolute Gasteiger partial charge is 0.489 e. The van der Waals surface area contributed by atoms with Gasteiger partial charge in [0.25, 0.3) is 0 Å². The number of rotatable bonds is 8. The van der Waals surface area contributed by atoms with Crippen LogP contribution in [0.2, 0.25) is 0 Å². The summed E-state index contributed by atoms with van der Waals surface area (Å²) in [6, 6.07) is 18.1. The van der Waals surface area contributed by atoms with Crippen LogP contribution in [0.25, 0.3) is 0 Å². The lowest BCUT2D eigenvalue weighted by Gasteiger charge is -2.25. The molecule has 3 heterocycles.